The van der Waals surface area contributed by atoms with Gasteiger partial charge in [-0.05, 0) is 0 Å². The van der Waals surface area contributed by atoms with E-state index in [1.165, 1.54) is 0 Å². The summed E-state index contributed by atoms with van der Waals surface area (Å²) in [4.78, 5) is 11.1. The monoisotopic (exact) mass is 148 g/mol. The molecule has 2 aliphatic rings. The number of ether oxygens (including phenoxy) is 1. The molecule has 0 bridgehead atoms. The summed E-state index contributed by atoms with van der Waals surface area (Å²) < 4.78 is 4.87. The van der Waals surface area contributed by atoms with E-state index >= 15 is 0 Å². The van der Waals surface area contributed by atoms with Crippen LogP contribution in [0.1, 0.15) is 0 Å². The third-order valence-corrected chi connectivity index (χ3v) is 2.01. The maximum Gasteiger partial charge on any atom is 0.318 e. The molecule has 0 aromatic rings. The number of esters is 1. The first-order valence-corrected chi connectivity index (χ1v) is 3.54. The van der Waals surface area contributed by atoms with Crippen LogP contribution in [-0.4, -0.2) is 5.97 Å². The minimum absolute atomic E-state index is 0.0764. The number of fused-ring (bicyclic) bond motifs is 1. The van der Waals surface area contributed by atoms with Crippen LogP contribution >= 0.6 is 0 Å². The lowest BCUT2D eigenvalue weighted by atomic mass is 9.90. The van der Waals surface area contributed by atoms with Crippen LogP contribution in [0, 0.1) is 11.8 Å². The first-order chi connectivity index (χ1) is 5.29. The maximum atomic E-state index is 11.1. The van der Waals surface area contributed by atoms with E-state index in [0.29, 0.717) is 5.76 Å². The fourth-order valence-corrected chi connectivity index (χ4v) is 1.41. The molecule has 1 aliphatic heterocycles. The van der Waals surface area contributed by atoms with Gasteiger partial charge >= 0.3 is 5.97 Å². The van der Waals surface area contributed by atoms with Crippen LogP contribution in [0.5, 0.6) is 0 Å². The predicted octanol–water partition coefficient (Wildman–Crippen LogP) is 1.42. The summed E-state index contributed by atoms with van der Waals surface area (Å²) in [6, 6.07) is 0. The van der Waals surface area contributed by atoms with E-state index in [-0.39, 0.29) is 17.8 Å². The highest BCUT2D eigenvalue weighted by atomic mass is 16.5. The Hall–Kier alpha value is -1.31. The van der Waals surface area contributed by atoms with Crippen LogP contribution in [0.25, 0.3) is 0 Å². The number of allylic oxidation sites excluding steroid dienone is 3. The van der Waals surface area contributed by atoms with Crippen LogP contribution in [0.3, 0.4) is 0 Å². The van der Waals surface area contributed by atoms with Crippen molar-refractivity contribution in [2.45, 2.75) is 0 Å². The van der Waals surface area contributed by atoms with Crippen LogP contribution in [0.4, 0.5) is 0 Å². The normalized spacial score (nSPS) is 33.8. The summed E-state index contributed by atoms with van der Waals surface area (Å²) in [6.07, 6.45) is 7.57. The van der Waals surface area contributed by atoms with Gasteiger partial charge < -0.3 is 4.74 Å². The van der Waals surface area contributed by atoms with Gasteiger partial charge in [0.2, 0.25) is 0 Å². The number of carbonyl (C=O) groups is 1. The van der Waals surface area contributed by atoms with Gasteiger partial charge in [0.05, 0.1) is 11.8 Å². The lowest BCUT2D eigenvalue weighted by Crippen LogP contribution is -2.12. The highest BCUT2D eigenvalue weighted by Crippen LogP contribution is 2.34. The Kier molecular flexibility index (Phi) is 1.22. The van der Waals surface area contributed by atoms with Crippen molar-refractivity contribution in [1.29, 1.82) is 0 Å². The number of hydrogen-bond donors (Lipinski definition) is 0. The fourth-order valence-electron chi connectivity index (χ4n) is 1.41. The predicted molar refractivity (Wildman–Crippen MR) is 40.5 cm³/mol. The second kappa shape index (κ2) is 2.09. The van der Waals surface area contributed by atoms with E-state index in [1.54, 1.807) is 0 Å². The minimum Gasteiger partial charge on any atom is -0.431 e. The second-order valence-corrected chi connectivity index (χ2v) is 2.71. The van der Waals surface area contributed by atoms with Crippen molar-refractivity contribution in [2.75, 3.05) is 0 Å². The van der Waals surface area contributed by atoms with Crippen molar-refractivity contribution >= 4 is 5.97 Å². The van der Waals surface area contributed by atoms with Crippen LogP contribution in [0.15, 0.2) is 36.6 Å². The van der Waals surface area contributed by atoms with Gasteiger partial charge in [-0.25, -0.2) is 0 Å². The van der Waals surface area contributed by atoms with E-state index in [4.69, 9.17) is 4.74 Å². The van der Waals surface area contributed by atoms with Crippen molar-refractivity contribution in [2.24, 2.45) is 11.8 Å². The van der Waals surface area contributed by atoms with Gasteiger partial charge in [0.1, 0.15) is 5.76 Å². The van der Waals surface area contributed by atoms with Crippen molar-refractivity contribution in [3.05, 3.63) is 36.6 Å². The second-order valence-electron chi connectivity index (χ2n) is 2.71. The van der Waals surface area contributed by atoms with Gasteiger partial charge in [-0.3, -0.25) is 4.79 Å². The number of carbonyl (C=O) groups excluding carboxylic acids is 1. The molecule has 0 radical (unpaired) electrons. The molecule has 0 aromatic carbocycles. The molecule has 0 saturated carbocycles. The zero-order valence-corrected chi connectivity index (χ0v) is 5.99. The van der Waals surface area contributed by atoms with Gasteiger partial charge in [-0.2, -0.15) is 0 Å². The zero-order chi connectivity index (χ0) is 7.84. The summed E-state index contributed by atoms with van der Waals surface area (Å²) in [7, 11) is 0. The van der Waals surface area contributed by atoms with Crippen LogP contribution in [0.2, 0.25) is 0 Å². The SMILES string of the molecule is C=C1OC(=O)C2C=CC=CC12. The average Bonchev–Trinajstić information content (AvgIpc) is 2.30. The number of rotatable bonds is 0. The van der Waals surface area contributed by atoms with Gasteiger partial charge in [-0.15, -0.1) is 0 Å². The Bertz CT molecular complexity index is 245. The third-order valence-electron chi connectivity index (χ3n) is 2.01. The fraction of sp³-hybridized carbons (Fsp3) is 0.222. The Morgan fingerprint density at radius 1 is 1.27 bits per heavy atom. The standard InChI is InChI=1S/C9H8O2/c1-6-7-4-2-3-5-8(7)9(10)11-6/h2-5,7-8H,1H2. The van der Waals surface area contributed by atoms with Gasteiger partial charge in [-0.1, -0.05) is 30.9 Å². The molecule has 2 nitrogen and oxygen atoms in total. The molecule has 2 heteroatoms. The smallest absolute Gasteiger partial charge is 0.318 e. The molecule has 0 amide bonds. The molecule has 1 aliphatic carbocycles. The summed E-state index contributed by atoms with van der Waals surface area (Å²) in [5.74, 6) is 0.348. The number of cyclic esters (lactones) is 1. The average molecular weight is 148 g/mol. The van der Waals surface area contributed by atoms with E-state index < -0.39 is 0 Å². The maximum absolute atomic E-state index is 11.1. The van der Waals surface area contributed by atoms with Crippen molar-refractivity contribution in [1.82, 2.24) is 0 Å². The molecule has 2 atom stereocenters. The van der Waals surface area contributed by atoms with E-state index in [1.807, 2.05) is 24.3 Å². The molecule has 2 rings (SSSR count). The van der Waals surface area contributed by atoms with E-state index in [9.17, 15) is 4.79 Å². The lowest BCUT2D eigenvalue weighted by Gasteiger charge is -2.08. The first-order valence-electron chi connectivity index (χ1n) is 3.54. The molecule has 1 heterocycles. The Labute approximate surface area is 64.9 Å². The first kappa shape index (κ1) is 6.40. The van der Waals surface area contributed by atoms with Crippen LogP contribution in [-0.2, 0) is 9.53 Å². The highest BCUT2D eigenvalue weighted by Gasteiger charge is 2.37. The highest BCUT2D eigenvalue weighted by molar-refractivity contribution is 5.80. The molecule has 1 saturated heterocycles. The summed E-state index contributed by atoms with van der Waals surface area (Å²) in [6.45, 7) is 3.66. The minimum atomic E-state index is -0.180. The van der Waals surface area contributed by atoms with Crippen molar-refractivity contribution in [3.8, 4) is 0 Å². The van der Waals surface area contributed by atoms with Crippen LogP contribution < -0.4 is 0 Å². The van der Waals surface area contributed by atoms with E-state index in [0.717, 1.165) is 0 Å². The summed E-state index contributed by atoms with van der Waals surface area (Å²) in [5.41, 5.74) is 0. The van der Waals surface area contributed by atoms with Gasteiger partial charge in [0.15, 0.2) is 0 Å². The molecule has 0 spiro atoms. The summed E-state index contributed by atoms with van der Waals surface area (Å²) >= 11 is 0. The molecular formula is C9H8O2. The molecule has 56 valence electrons. The molecular weight excluding hydrogens is 140 g/mol. The Morgan fingerprint density at radius 2 is 1.91 bits per heavy atom. The topological polar surface area (TPSA) is 26.3 Å². The number of hydrogen-bond acceptors (Lipinski definition) is 2. The summed E-state index contributed by atoms with van der Waals surface area (Å²) in [5, 5.41) is 0. The molecule has 0 aromatic heterocycles. The van der Waals surface area contributed by atoms with Gasteiger partial charge in [0.25, 0.3) is 0 Å². The zero-order valence-electron chi connectivity index (χ0n) is 5.99. The van der Waals surface area contributed by atoms with Gasteiger partial charge in [0, 0.05) is 0 Å². The largest absolute Gasteiger partial charge is 0.431 e. The molecule has 0 N–H and O–H groups in total. The lowest BCUT2D eigenvalue weighted by molar-refractivity contribution is -0.137. The Balaban J connectivity index is 2.37. The third kappa shape index (κ3) is 0.827. The Morgan fingerprint density at radius 3 is 2.55 bits per heavy atom. The van der Waals surface area contributed by atoms with Crippen molar-refractivity contribution < 1.29 is 9.53 Å². The van der Waals surface area contributed by atoms with Crippen molar-refractivity contribution in [3.63, 3.8) is 0 Å². The molecule has 11 heavy (non-hydrogen) atoms. The van der Waals surface area contributed by atoms with E-state index in [2.05, 4.69) is 6.58 Å². The quantitative estimate of drug-likeness (QED) is 0.485. The molecule has 1 fully saturated rings. The molecule has 2 unspecified atom stereocenters.